The van der Waals surface area contributed by atoms with Crippen LogP contribution in [0.1, 0.15) is 0 Å². The molecule has 0 saturated carbocycles. The molecular formula is C9H4ClF12IO. The van der Waals surface area contributed by atoms with Gasteiger partial charge in [-0.2, -0.15) is 52.7 Å². The molecule has 1 N–H and O–H groups in total. The van der Waals surface area contributed by atoms with Gasteiger partial charge in [0.05, 0.1) is 6.61 Å². The van der Waals surface area contributed by atoms with Crippen LogP contribution in [-0.2, 0) is 0 Å². The summed E-state index contributed by atoms with van der Waals surface area (Å²) in [4.78, 5) is 0. The molecule has 15 heteroatoms. The quantitative estimate of drug-likeness (QED) is 0.275. The van der Waals surface area contributed by atoms with Crippen LogP contribution in [0.5, 0.6) is 0 Å². The lowest BCUT2D eigenvalue weighted by atomic mass is 9.94. The molecule has 24 heavy (non-hydrogen) atoms. The van der Waals surface area contributed by atoms with E-state index in [4.69, 9.17) is 5.11 Å². The molecule has 0 spiro atoms. The van der Waals surface area contributed by atoms with E-state index in [1.165, 1.54) is 0 Å². The van der Waals surface area contributed by atoms with E-state index in [9.17, 15) is 52.7 Å². The highest BCUT2D eigenvalue weighted by atomic mass is 127. The molecule has 0 aliphatic carbocycles. The summed E-state index contributed by atoms with van der Waals surface area (Å²) >= 11 is 4.24. The van der Waals surface area contributed by atoms with Gasteiger partial charge in [0.2, 0.25) is 0 Å². The molecule has 0 saturated heterocycles. The van der Waals surface area contributed by atoms with E-state index in [0.29, 0.717) is 0 Å². The Balaban J connectivity index is 6.31. The minimum Gasteiger partial charge on any atom is -0.391 e. The Labute approximate surface area is 143 Å². The third-order valence-electron chi connectivity index (χ3n) is 2.45. The summed E-state index contributed by atoms with van der Waals surface area (Å²) in [5.41, 5.74) is 0. The zero-order valence-electron chi connectivity index (χ0n) is 10.5. The molecule has 0 aliphatic heterocycles. The molecule has 144 valence electrons. The largest absolute Gasteiger partial charge is 0.393 e. The van der Waals surface area contributed by atoms with Crippen LogP contribution >= 0.6 is 34.2 Å². The Morgan fingerprint density at radius 3 is 1.38 bits per heavy atom. The summed E-state index contributed by atoms with van der Waals surface area (Å²) in [5.74, 6) is -36.1. The molecule has 1 nitrogen and oxygen atoms in total. The number of allylic oxidation sites excluding steroid dienone is 1. The van der Waals surface area contributed by atoms with E-state index in [0.717, 1.165) is 22.6 Å². The molecule has 0 aliphatic rings. The van der Waals surface area contributed by atoms with Crippen molar-refractivity contribution < 1.29 is 57.8 Å². The molecule has 0 aromatic heterocycles. The maximum atomic E-state index is 13.2. The molecule has 0 atom stereocenters. The second-order valence-corrected chi connectivity index (χ2v) is 6.03. The first kappa shape index (κ1) is 23.9. The Morgan fingerprint density at radius 1 is 0.750 bits per heavy atom. The van der Waals surface area contributed by atoms with Crippen molar-refractivity contribution in [3.63, 3.8) is 0 Å². The summed E-state index contributed by atoms with van der Waals surface area (Å²) in [6.07, 6.45) is -1.10. The molecule has 0 bridgehead atoms. The topological polar surface area (TPSA) is 20.2 Å². The Kier molecular flexibility index (Phi) is 6.52. The Bertz CT molecular complexity index is 497. The minimum absolute atomic E-state index is 0.725. The normalized spacial score (nSPS) is 16.5. The first-order chi connectivity index (χ1) is 10.2. The highest BCUT2D eigenvalue weighted by Crippen LogP contribution is 2.60. The second-order valence-electron chi connectivity index (χ2n) is 4.17. The fourth-order valence-electron chi connectivity index (χ4n) is 1.11. The number of hydrogen-bond donors (Lipinski definition) is 1. The van der Waals surface area contributed by atoms with Crippen LogP contribution < -0.4 is 0 Å². The lowest BCUT2D eigenvalue weighted by molar-refractivity contribution is -0.411. The molecule has 0 heterocycles. The van der Waals surface area contributed by atoms with Gasteiger partial charge in [0.25, 0.3) is 0 Å². The summed E-state index contributed by atoms with van der Waals surface area (Å²) in [7, 11) is 0. The third-order valence-corrected chi connectivity index (χ3v) is 3.34. The lowest BCUT2D eigenvalue weighted by Crippen LogP contribution is -2.69. The number of alkyl halides is 13. The van der Waals surface area contributed by atoms with Crippen molar-refractivity contribution in [2.75, 3.05) is 6.61 Å². The van der Waals surface area contributed by atoms with Crippen LogP contribution in [0.25, 0.3) is 0 Å². The lowest BCUT2D eigenvalue weighted by Gasteiger charge is -2.39. The molecule has 0 amide bonds. The van der Waals surface area contributed by atoms with Crippen LogP contribution in [0.4, 0.5) is 52.7 Å². The third kappa shape index (κ3) is 3.54. The van der Waals surface area contributed by atoms with Crippen LogP contribution in [0.15, 0.2) is 9.66 Å². The molecule has 0 unspecified atom stereocenters. The van der Waals surface area contributed by atoms with Crippen molar-refractivity contribution in [2.45, 2.75) is 35.0 Å². The van der Waals surface area contributed by atoms with Crippen molar-refractivity contribution >= 4 is 34.2 Å². The molecule has 0 fully saturated rings. The van der Waals surface area contributed by atoms with E-state index >= 15 is 0 Å². The average Bonchev–Trinajstić information content (AvgIpc) is 2.35. The van der Waals surface area contributed by atoms with E-state index < -0.39 is 51.3 Å². The number of rotatable bonds is 7. The van der Waals surface area contributed by atoms with E-state index in [-0.39, 0.29) is 0 Å². The first-order valence-corrected chi connectivity index (χ1v) is 6.60. The van der Waals surface area contributed by atoms with Gasteiger partial charge in [-0.05, 0) is 34.2 Å². The fraction of sp³-hybridized carbons (Fsp3) is 0.778. The molecule has 0 radical (unpaired) electrons. The summed E-state index contributed by atoms with van der Waals surface area (Å²) < 4.78 is 153. The first-order valence-electron chi connectivity index (χ1n) is 5.14. The SMILES string of the molecule is OC/C(I)=C\C(F)(F)C(F)(F)C(F)(F)C(F)(F)C(F)(F)C(F)(F)Cl. The van der Waals surface area contributed by atoms with Crippen molar-refractivity contribution in [1.82, 2.24) is 0 Å². The highest BCUT2D eigenvalue weighted by molar-refractivity contribution is 14.1. The van der Waals surface area contributed by atoms with Crippen LogP contribution in [0.2, 0.25) is 0 Å². The Hall–Kier alpha value is -0.120. The van der Waals surface area contributed by atoms with Gasteiger partial charge in [-0.15, -0.1) is 0 Å². The van der Waals surface area contributed by atoms with Crippen molar-refractivity contribution in [2.24, 2.45) is 0 Å². The monoisotopic (exact) mass is 518 g/mol. The predicted octanol–water partition coefficient (Wildman–Crippen LogP) is 5.31. The van der Waals surface area contributed by atoms with E-state index in [2.05, 4.69) is 11.6 Å². The minimum atomic E-state index is -7.67. The van der Waals surface area contributed by atoms with Gasteiger partial charge in [0.1, 0.15) is 0 Å². The van der Waals surface area contributed by atoms with Crippen molar-refractivity contribution in [1.29, 1.82) is 0 Å². The number of hydrogen-bond acceptors (Lipinski definition) is 1. The zero-order chi connectivity index (χ0) is 20.0. The molecule has 0 rings (SSSR count). The van der Waals surface area contributed by atoms with Gasteiger partial charge in [-0.25, -0.2) is 0 Å². The van der Waals surface area contributed by atoms with Gasteiger partial charge in [0, 0.05) is 9.66 Å². The van der Waals surface area contributed by atoms with Crippen molar-refractivity contribution in [3.05, 3.63) is 9.66 Å². The summed E-state index contributed by atoms with van der Waals surface area (Å²) in [6, 6.07) is 0. The van der Waals surface area contributed by atoms with Gasteiger partial charge < -0.3 is 5.11 Å². The second kappa shape index (κ2) is 6.55. The predicted molar refractivity (Wildman–Crippen MR) is 64.7 cm³/mol. The molecule has 0 aromatic carbocycles. The number of aliphatic hydroxyl groups excluding tert-OH is 1. The van der Waals surface area contributed by atoms with Gasteiger partial charge in [-0.3, -0.25) is 0 Å². The van der Waals surface area contributed by atoms with Crippen LogP contribution in [0.3, 0.4) is 0 Å². The van der Waals surface area contributed by atoms with Gasteiger partial charge in [-0.1, -0.05) is 0 Å². The Morgan fingerprint density at radius 2 is 1.08 bits per heavy atom. The zero-order valence-corrected chi connectivity index (χ0v) is 13.4. The van der Waals surface area contributed by atoms with E-state index in [1.54, 1.807) is 0 Å². The highest BCUT2D eigenvalue weighted by Gasteiger charge is 2.89. The number of halogens is 14. The smallest absolute Gasteiger partial charge is 0.391 e. The summed E-state index contributed by atoms with van der Waals surface area (Å²) in [5, 5.41) is 1.88. The molecule has 0 aromatic rings. The maximum absolute atomic E-state index is 13.2. The van der Waals surface area contributed by atoms with Crippen LogP contribution in [0, 0.1) is 0 Å². The average molecular weight is 518 g/mol. The van der Waals surface area contributed by atoms with Gasteiger partial charge in [0.15, 0.2) is 0 Å². The molecular weight excluding hydrogens is 514 g/mol. The number of aliphatic hydroxyl groups is 1. The van der Waals surface area contributed by atoms with Crippen molar-refractivity contribution in [3.8, 4) is 0 Å². The summed E-state index contributed by atoms with van der Waals surface area (Å²) in [6.45, 7) is -1.41. The maximum Gasteiger partial charge on any atom is 0.393 e. The standard InChI is InChI=1S/C9H4ClF12IO/c10-9(21,22)8(19,20)7(17,18)6(15,16)5(13,14)4(11,12)1-3(23)2-24/h1,24H,2H2/b3-1+. The van der Waals surface area contributed by atoms with E-state index in [1.807, 2.05) is 0 Å². The van der Waals surface area contributed by atoms with Gasteiger partial charge >= 0.3 is 35.0 Å². The fourth-order valence-corrected chi connectivity index (χ4v) is 1.62. The van der Waals surface area contributed by atoms with Crippen LogP contribution in [-0.4, -0.2) is 46.7 Å².